The Kier molecular flexibility index (Phi) is 1.36. The molecule has 0 fully saturated rings. The zero-order chi connectivity index (χ0) is 6.04. The SMILES string of the molecule is C[C@]1(CO)C=CCO1. The molecule has 1 aliphatic heterocycles. The maximum atomic E-state index is 8.65. The average molecular weight is 114 g/mol. The van der Waals surface area contributed by atoms with E-state index in [0.717, 1.165) is 0 Å². The molecule has 0 aliphatic carbocycles. The lowest BCUT2D eigenvalue weighted by Crippen LogP contribution is -2.26. The highest BCUT2D eigenvalue weighted by Gasteiger charge is 2.22. The van der Waals surface area contributed by atoms with Crippen molar-refractivity contribution < 1.29 is 9.84 Å². The molecule has 0 spiro atoms. The normalized spacial score (nSPS) is 36.2. The number of aliphatic hydroxyl groups excluding tert-OH is 1. The van der Waals surface area contributed by atoms with E-state index in [2.05, 4.69) is 0 Å². The number of hydrogen-bond donors (Lipinski definition) is 1. The van der Waals surface area contributed by atoms with Gasteiger partial charge in [-0.1, -0.05) is 12.2 Å². The van der Waals surface area contributed by atoms with Crippen LogP contribution in [0, 0.1) is 0 Å². The van der Waals surface area contributed by atoms with Crippen molar-refractivity contribution in [2.45, 2.75) is 12.5 Å². The highest BCUT2D eigenvalue weighted by molar-refractivity contribution is 5.04. The molecule has 1 aliphatic rings. The van der Waals surface area contributed by atoms with Gasteiger partial charge in [0, 0.05) is 0 Å². The van der Waals surface area contributed by atoms with Crippen molar-refractivity contribution in [2.24, 2.45) is 0 Å². The van der Waals surface area contributed by atoms with Gasteiger partial charge in [0.1, 0.15) is 5.60 Å². The molecule has 2 heteroatoms. The van der Waals surface area contributed by atoms with Gasteiger partial charge in [-0.3, -0.25) is 0 Å². The Balaban J connectivity index is 2.54. The minimum Gasteiger partial charge on any atom is -0.393 e. The molecule has 0 unspecified atom stereocenters. The fourth-order valence-electron chi connectivity index (χ4n) is 0.682. The minimum atomic E-state index is -0.389. The molecule has 0 saturated heterocycles. The molecular formula is C6H10O2. The summed E-state index contributed by atoms with van der Waals surface area (Å²) in [4.78, 5) is 0. The van der Waals surface area contributed by atoms with E-state index in [1.165, 1.54) is 0 Å². The Bertz CT molecular complexity index is 109. The van der Waals surface area contributed by atoms with Crippen LogP contribution < -0.4 is 0 Å². The standard InChI is InChI=1S/C6H10O2/c1-6(5-7)3-2-4-8-6/h2-3,7H,4-5H2,1H3/t6-/m1/s1. The molecule has 0 amide bonds. The fourth-order valence-corrected chi connectivity index (χ4v) is 0.682. The van der Waals surface area contributed by atoms with Gasteiger partial charge in [0.25, 0.3) is 0 Å². The van der Waals surface area contributed by atoms with Crippen LogP contribution in [0.15, 0.2) is 12.2 Å². The summed E-state index contributed by atoms with van der Waals surface area (Å²) < 4.78 is 5.13. The highest BCUT2D eigenvalue weighted by atomic mass is 16.5. The van der Waals surface area contributed by atoms with Crippen molar-refractivity contribution in [1.82, 2.24) is 0 Å². The maximum Gasteiger partial charge on any atom is 0.107 e. The Hall–Kier alpha value is -0.340. The zero-order valence-electron chi connectivity index (χ0n) is 4.92. The van der Waals surface area contributed by atoms with E-state index in [-0.39, 0.29) is 12.2 Å². The van der Waals surface area contributed by atoms with Crippen LogP contribution in [0.5, 0.6) is 0 Å². The lowest BCUT2D eigenvalue weighted by Gasteiger charge is -2.17. The summed E-state index contributed by atoms with van der Waals surface area (Å²) in [5.41, 5.74) is -0.389. The van der Waals surface area contributed by atoms with E-state index in [1.807, 2.05) is 19.1 Å². The Morgan fingerprint density at radius 2 is 2.62 bits per heavy atom. The lowest BCUT2D eigenvalue weighted by atomic mass is 10.1. The first-order valence-electron chi connectivity index (χ1n) is 2.69. The van der Waals surface area contributed by atoms with Gasteiger partial charge in [-0.15, -0.1) is 0 Å². The van der Waals surface area contributed by atoms with Gasteiger partial charge in [-0.25, -0.2) is 0 Å². The maximum absolute atomic E-state index is 8.65. The van der Waals surface area contributed by atoms with Crippen LogP contribution in [0.1, 0.15) is 6.92 Å². The first kappa shape index (κ1) is 5.79. The first-order chi connectivity index (χ1) is 3.77. The Morgan fingerprint density at radius 3 is 2.88 bits per heavy atom. The molecular weight excluding hydrogens is 104 g/mol. The summed E-state index contributed by atoms with van der Waals surface area (Å²) in [6.07, 6.45) is 3.79. The molecule has 0 saturated carbocycles. The van der Waals surface area contributed by atoms with Crippen molar-refractivity contribution in [3.8, 4) is 0 Å². The quantitative estimate of drug-likeness (QED) is 0.497. The van der Waals surface area contributed by atoms with Crippen LogP contribution in [0.3, 0.4) is 0 Å². The van der Waals surface area contributed by atoms with E-state index < -0.39 is 0 Å². The summed E-state index contributed by atoms with van der Waals surface area (Å²) >= 11 is 0. The largest absolute Gasteiger partial charge is 0.393 e. The van der Waals surface area contributed by atoms with Crippen molar-refractivity contribution in [2.75, 3.05) is 13.2 Å². The topological polar surface area (TPSA) is 29.5 Å². The van der Waals surface area contributed by atoms with Gasteiger partial charge >= 0.3 is 0 Å². The van der Waals surface area contributed by atoms with Gasteiger partial charge in [0.05, 0.1) is 13.2 Å². The van der Waals surface area contributed by atoms with Crippen LogP contribution in [0.25, 0.3) is 0 Å². The first-order valence-corrected chi connectivity index (χ1v) is 2.69. The van der Waals surface area contributed by atoms with E-state index in [1.54, 1.807) is 0 Å². The molecule has 0 aromatic carbocycles. The predicted octanol–water partition coefficient (Wildman–Crippen LogP) is 0.324. The van der Waals surface area contributed by atoms with Crippen molar-refractivity contribution >= 4 is 0 Å². The van der Waals surface area contributed by atoms with Crippen LogP contribution in [-0.2, 0) is 4.74 Å². The number of ether oxygens (including phenoxy) is 1. The minimum absolute atomic E-state index is 0.0729. The van der Waals surface area contributed by atoms with E-state index in [9.17, 15) is 0 Å². The van der Waals surface area contributed by atoms with Gasteiger partial charge in [0.2, 0.25) is 0 Å². The number of aliphatic hydroxyl groups is 1. The number of hydrogen-bond acceptors (Lipinski definition) is 2. The number of rotatable bonds is 1. The van der Waals surface area contributed by atoms with Gasteiger partial charge in [-0.2, -0.15) is 0 Å². The fraction of sp³-hybridized carbons (Fsp3) is 0.667. The Labute approximate surface area is 48.8 Å². The van der Waals surface area contributed by atoms with Crippen LogP contribution in [0.4, 0.5) is 0 Å². The summed E-state index contributed by atoms with van der Waals surface area (Å²) in [6, 6.07) is 0. The summed E-state index contributed by atoms with van der Waals surface area (Å²) in [6.45, 7) is 2.57. The van der Waals surface area contributed by atoms with Crippen LogP contribution in [-0.4, -0.2) is 23.9 Å². The third-order valence-electron chi connectivity index (χ3n) is 1.29. The molecule has 1 heterocycles. The molecule has 46 valence electrons. The lowest BCUT2D eigenvalue weighted by molar-refractivity contribution is -0.00364. The monoisotopic (exact) mass is 114 g/mol. The molecule has 0 bridgehead atoms. The zero-order valence-corrected chi connectivity index (χ0v) is 4.92. The highest BCUT2D eigenvalue weighted by Crippen LogP contribution is 2.16. The van der Waals surface area contributed by atoms with E-state index >= 15 is 0 Å². The Morgan fingerprint density at radius 1 is 1.88 bits per heavy atom. The smallest absolute Gasteiger partial charge is 0.107 e. The second kappa shape index (κ2) is 1.88. The van der Waals surface area contributed by atoms with Gasteiger partial charge < -0.3 is 9.84 Å². The van der Waals surface area contributed by atoms with Crippen molar-refractivity contribution in [3.05, 3.63) is 12.2 Å². The third-order valence-corrected chi connectivity index (χ3v) is 1.29. The van der Waals surface area contributed by atoms with E-state index in [4.69, 9.17) is 9.84 Å². The average Bonchev–Trinajstić information content (AvgIpc) is 2.17. The molecule has 8 heavy (non-hydrogen) atoms. The van der Waals surface area contributed by atoms with E-state index in [0.29, 0.717) is 6.61 Å². The molecule has 0 aromatic heterocycles. The van der Waals surface area contributed by atoms with Crippen LogP contribution in [0.2, 0.25) is 0 Å². The van der Waals surface area contributed by atoms with Crippen LogP contribution >= 0.6 is 0 Å². The summed E-state index contributed by atoms with van der Waals surface area (Å²) in [7, 11) is 0. The summed E-state index contributed by atoms with van der Waals surface area (Å²) in [5.74, 6) is 0. The van der Waals surface area contributed by atoms with Gasteiger partial charge in [0.15, 0.2) is 0 Å². The molecule has 2 nitrogen and oxygen atoms in total. The van der Waals surface area contributed by atoms with Crippen molar-refractivity contribution in [3.63, 3.8) is 0 Å². The molecule has 0 radical (unpaired) electrons. The van der Waals surface area contributed by atoms with Crippen molar-refractivity contribution in [1.29, 1.82) is 0 Å². The molecule has 0 aromatic rings. The predicted molar refractivity (Wildman–Crippen MR) is 30.6 cm³/mol. The second-order valence-corrected chi connectivity index (χ2v) is 2.18. The molecule has 1 atom stereocenters. The molecule has 1 rings (SSSR count). The van der Waals surface area contributed by atoms with Gasteiger partial charge in [-0.05, 0) is 6.92 Å². The third kappa shape index (κ3) is 0.904. The summed E-state index contributed by atoms with van der Waals surface area (Å²) in [5, 5.41) is 8.65. The molecule has 1 N–H and O–H groups in total. The second-order valence-electron chi connectivity index (χ2n) is 2.18.